The van der Waals surface area contributed by atoms with E-state index >= 15 is 0 Å². The molecule has 1 fully saturated rings. The van der Waals surface area contributed by atoms with Crippen LogP contribution in [0.2, 0.25) is 5.02 Å². The van der Waals surface area contributed by atoms with Crippen LogP contribution in [0.3, 0.4) is 0 Å². The normalized spacial score (nSPS) is 18.0. The van der Waals surface area contributed by atoms with Gasteiger partial charge in [-0.25, -0.2) is 0 Å². The second-order valence-electron chi connectivity index (χ2n) is 10.1. The van der Waals surface area contributed by atoms with Gasteiger partial charge in [0.25, 0.3) is 0 Å². The number of hydrogen-bond acceptors (Lipinski definition) is 4. The number of alkyl halides is 4. The fourth-order valence-electron chi connectivity index (χ4n) is 5.56. The van der Waals surface area contributed by atoms with Crippen LogP contribution in [0.5, 0.6) is 17.2 Å². The lowest BCUT2D eigenvalue weighted by atomic mass is 9.88. The van der Waals surface area contributed by atoms with Crippen LogP contribution in [0.15, 0.2) is 60.7 Å². The van der Waals surface area contributed by atoms with Crippen molar-refractivity contribution < 1.29 is 32.1 Å². The predicted octanol–water partition coefficient (Wildman–Crippen LogP) is 8.05. The number of hydrogen-bond donors (Lipinski definition) is 1. The van der Waals surface area contributed by atoms with Crippen molar-refractivity contribution >= 4 is 22.7 Å². The van der Waals surface area contributed by atoms with Crippen LogP contribution in [0, 0.1) is 0 Å². The zero-order chi connectivity index (χ0) is 28.3. The van der Waals surface area contributed by atoms with Crippen LogP contribution in [0.4, 0.5) is 17.6 Å². The van der Waals surface area contributed by atoms with Crippen molar-refractivity contribution in [1.82, 2.24) is 4.90 Å². The zero-order valence-corrected chi connectivity index (χ0v) is 22.6. The van der Waals surface area contributed by atoms with Gasteiger partial charge < -0.3 is 14.6 Å². The van der Waals surface area contributed by atoms with E-state index in [1.54, 1.807) is 18.2 Å². The summed E-state index contributed by atoms with van der Waals surface area (Å²) in [5.74, 6) is 0.467. The molecule has 4 nitrogen and oxygen atoms in total. The van der Waals surface area contributed by atoms with E-state index in [1.807, 2.05) is 30.3 Å². The summed E-state index contributed by atoms with van der Waals surface area (Å²) in [6, 6.07) is 17.4. The van der Waals surface area contributed by atoms with Crippen LogP contribution in [0.1, 0.15) is 47.9 Å². The maximum Gasteiger partial charge on any atom is 0.573 e. The highest BCUT2D eigenvalue weighted by molar-refractivity contribution is 6.32. The number of phenols is 1. The topological polar surface area (TPSA) is 41.9 Å². The molecule has 1 heterocycles. The van der Waals surface area contributed by atoms with Gasteiger partial charge in [-0.2, -0.15) is 0 Å². The molecule has 1 atom stereocenters. The Balaban J connectivity index is 1.48. The van der Waals surface area contributed by atoms with Gasteiger partial charge in [0.2, 0.25) is 0 Å². The molecule has 3 aromatic carbocycles. The Kier molecular flexibility index (Phi) is 8.57. The number of phenolic OH excluding ortho intramolecular Hbond substituents is 1. The molecule has 0 radical (unpaired) electrons. The molecule has 2 aliphatic rings. The summed E-state index contributed by atoms with van der Waals surface area (Å²) in [5.41, 5.74) is 5.43. The molecular formula is C31H30ClF4NO3. The Morgan fingerprint density at radius 3 is 2.48 bits per heavy atom. The van der Waals surface area contributed by atoms with Gasteiger partial charge in [0.05, 0.1) is 11.7 Å². The van der Waals surface area contributed by atoms with Gasteiger partial charge in [0.1, 0.15) is 23.4 Å². The molecule has 40 heavy (non-hydrogen) atoms. The zero-order valence-electron chi connectivity index (χ0n) is 21.8. The minimum absolute atomic E-state index is 0.0430. The lowest BCUT2D eigenvalue weighted by Crippen LogP contribution is -2.26. The summed E-state index contributed by atoms with van der Waals surface area (Å²) in [5, 5.41) is 10.0. The number of allylic oxidation sites excluding steroid dienone is 1. The van der Waals surface area contributed by atoms with Gasteiger partial charge in [-0.05, 0) is 102 Å². The summed E-state index contributed by atoms with van der Waals surface area (Å²) in [6.45, 7) is 2.07. The second kappa shape index (κ2) is 12.1. The van der Waals surface area contributed by atoms with E-state index in [-0.39, 0.29) is 23.6 Å². The van der Waals surface area contributed by atoms with Gasteiger partial charge in [-0.1, -0.05) is 35.9 Å². The van der Waals surface area contributed by atoms with E-state index in [9.17, 15) is 22.7 Å². The van der Waals surface area contributed by atoms with Crippen LogP contribution < -0.4 is 9.47 Å². The number of halogens is 5. The van der Waals surface area contributed by atoms with Gasteiger partial charge in [-0.3, -0.25) is 9.29 Å². The van der Waals surface area contributed by atoms with Crippen molar-refractivity contribution in [2.24, 2.45) is 0 Å². The van der Waals surface area contributed by atoms with E-state index in [0.717, 1.165) is 72.5 Å². The quantitative estimate of drug-likeness (QED) is 0.276. The van der Waals surface area contributed by atoms with E-state index < -0.39 is 12.1 Å². The average Bonchev–Trinajstić information content (AvgIpc) is 3.27. The SMILES string of the molecule is Oc1ccc2c(c1)CCCC(c1ccc(OC(F)(F)F)c(Cl)c1)=C2c1ccc(O[C@H]2CCN(CCCF)C2)cc1. The van der Waals surface area contributed by atoms with E-state index in [1.165, 1.54) is 12.1 Å². The maximum absolute atomic E-state index is 12.8. The Labute approximate surface area is 235 Å². The van der Waals surface area contributed by atoms with Crippen LogP contribution in [-0.2, 0) is 6.42 Å². The molecule has 1 aliphatic heterocycles. The fourth-order valence-corrected chi connectivity index (χ4v) is 5.78. The Morgan fingerprint density at radius 2 is 1.75 bits per heavy atom. The number of rotatable bonds is 8. The molecule has 0 aromatic heterocycles. The first kappa shape index (κ1) is 28.3. The highest BCUT2D eigenvalue weighted by Crippen LogP contribution is 2.43. The molecule has 1 N–H and O–H groups in total. The van der Waals surface area contributed by atoms with Gasteiger partial charge >= 0.3 is 6.36 Å². The average molecular weight is 576 g/mol. The highest BCUT2D eigenvalue weighted by Gasteiger charge is 2.32. The van der Waals surface area contributed by atoms with Crippen molar-refractivity contribution in [3.05, 3.63) is 87.9 Å². The van der Waals surface area contributed by atoms with E-state index in [4.69, 9.17) is 16.3 Å². The molecular weight excluding hydrogens is 546 g/mol. The monoisotopic (exact) mass is 575 g/mol. The first-order valence-electron chi connectivity index (χ1n) is 13.4. The van der Waals surface area contributed by atoms with Crippen LogP contribution >= 0.6 is 11.6 Å². The lowest BCUT2D eigenvalue weighted by molar-refractivity contribution is -0.274. The number of fused-ring (bicyclic) bond motifs is 1. The largest absolute Gasteiger partial charge is 0.573 e. The van der Waals surface area contributed by atoms with Gasteiger partial charge in [-0.15, -0.1) is 13.2 Å². The molecule has 9 heteroatoms. The number of aromatic hydroxyl groups is 1. The van der Waals surface area contributed by atoms with Crippen molar-refractivity contribution in [3.63, 3.8) is 0 Å². The van der Waals surface area contributed by atoms with Gasteiger partial charge in [0.15, 0.2) is 0 Å². The molecule has 0 amide bonds. The summed E-state index contributed by atoms with van der Waals surface area (Å²) in [7, 11) is 0. The summed E-state index contributed by atoms with van der Waals surface area (Å²) >= 11 is 6.23. The second-order valence-corrected chi connectivity index (χ2v) is 10.5. The predicted molar refractivity (Wildman–Crippen MR) is 148 cm³/mol. The number of likely N-dealkylation sites (tertiary alicyclic amines) is 1. The molecule has 1 aliphatic carbocycles. The lowest BCUT2D eigenvalue weighted by Gasteiger charge is -2.19. The minimum Gasteiger partial charge on any atom is -0.508 e. The third kappa shape index (κ3) is 6.73. The Hall–Kier alpha value is -3.23. The molecule has 0 spiro atoms. The Morgan fingerprint density at radius 1 is 0.975 bits per heavy atom. The molecule has 0 unspecified atom stereocenters. The first-order valence-corrected chi connectivity index (χ1v) is 13.7. The summed E-state index contributed by atoms with van der Waals surface area (Å²) in [4.78, 5) is 2.21. The van der Waals surface area contributed by atoms with Crippen molar-refractivity contribution in [3.8, 4) is 17.2 Å². The van der Waals surface area contributed by atoms with Crippen molar-refractivity contribution in [2.45, 2.75) is 44.6 Å². The third-order valence-electron chi connectivity index (χ3n) is 7.32. The number of benzene rings is 3. The number of ether oxygens (including phenoxy) is 2. The minimum atomic E-state index is -4.84. The summed E-state index contributed by atoms with van der Waals surface area (Å²) < 4.78 is 61.2. The summed E-state index contributed by atoms with van der Waals surface area (Å²) in [6.07, 6.45) is -1.20. The fraction of sp³-hybridized carbons (Fsp3) is 0.355. The third-order valence-corrected chi connectivity index (χ3v) is 7.62. The van der Waals surface area contributed by atoms with Crippen LogP contribution in [-0.4, -0.2) is 48.8 Å². The molecule has 1 saturated heterocycles. The molecule has 0 saturated carbocycles. The van der Waals surface area contributed by atoms with Crippen molar-refractivity contribution in [2.75, 3.05) is 26.3 Å². The van der Waals surface area contributed by atoms with E-state index in [2.05, 4.69) is 9.64 Å². The standard InChI is InChI=1S/C31H30ClF4NO3/c32-28-18-22(7-12-29(28)40-31(34,35)36)26-4-1-3-21-17-23(38)8-11-27(21)30(26)20-5-9-24(10-6-20)39-25-13-16-37(19-25)15-2-14-33/h5-12,17-18,25,38H,1-4,13-16,19H2/t25-/m0/s1. The highest BCUT2D eigenvalue weighted by atomic mass is 35.5. The molecule has 3 aromatic rings. The van der Waals surface area contributed by atoms with E-state index in [0.29, 0.717) is 18.4 Å². The Bertz CT molecular complexity index is 1370. The first-order chi connectivity index (χ1) is 19.2. The van der Waals surface area contributed by atoms with Gasteiger partial charge in [0, 0.05) is 19.6 Å². The number of aryl methyl sites for hydroxylation is 1. The molecule has 212 valence electrons. The number of nitrogens with zero attached hydrogens (tertiary/aromatic N) is 1. The molecule has 0 bridgehead atoms. The maximum atomic E-state index is 12.8. The molecule has 5 rings (SSSR count). The smallest absolute Gasteiger partial charge is 0.508 e. The van der Waals surface area contributed by atoms with Crippen molar-refractivity contribution in [1.29, 1.82) is 0 Å². The van der Waals surface area contributed by atoms with Crippen LogP contribution in [0.25, 0.3) is 11.1 Å².